The Morgan fingerprint density at radius 3 is 2.48 bits per heavy atom. The largest absolute Gasteiger partial charge is 0.497 e. The Hall–Kier alpha value is -2.25. The molecule has 0 radical (unpaired) electrons. The lowest BCUT2D eigenvalue weighted by molar-refractivity contribution is 0.190. The number of anilines is 1. The number of benzene rings is 1. The number of aliphatic hydroxyl groups is 1. The Balaban J connectivity index is 2.15. The minimum Gasteiger partial charge on any atom is -0.497 e. The summed E-state index contributed by atoms with van der Waals surface area (Å²) < 4.78 is 11.5. The molecule has 1 aromatic heterocycles. The van der Waals surface area contributed by atoms with Crippen molar-refractivity contribution >= 4 is 17.3 Å². The van der Waals surface area contributed by atoms with E-state index < -0.39 is 11.7 Å². The summed E-state index contributed by atoms with van der Waals surface area (Å²) in [7, 11) is 4.58. The fourth-order valence-corrected chi connectivity index (χ4v) is 2.22. The molecule has 124 valence electrons. The van der Waals surface area contributed by atoms with Crippen LogP contribution in [0.5, 0.6) is 11.5 Å². The van der Waals surface area contributed by atoms with Crippen molar-refractivity contribution in [1.29, 1.82) is 0 Å². The van der Waals surface area contributed by atoms with Gasteiger partial charge >= 0.3 is 0 Å². The molecule has 1 heterocycles. The quantitative estimate of drug-likeness (QED) is 0.831. The topological polar surface area (TPSA) is 85.6 Å². The molecule has 0 saturated carbocycles. The maximum absolute atomic E-state index is 11.7. The molecule has 0 fully saturated rings. The number of halogens is 1. The van der Waals surface area contributed by atoms with Crippen LogP contribution in [0.4, 0.5) is 5.69 Å². The van der Waals surface area contributed by atoms with E-state index in [-0.39, 0.29) is 11.6 Å². The maximum Gasteiger partial charge on any atom is 0.287 e. The monoisotopic (exact) mass is 339 g/mol. The molecule has 1 unspecified atom stereocenters. The first-order chi connectivity index (χ1) is 11.0. The number of rotatable bonds is 6. The predicted molar refractivity (Wildman–Crippen MR) is 87.5 cm³/mol. The lowest BCUT2D eigenvalue weighted by Crippen LogP contribution is -2.22. The predicted octanol–water partition coefficient (Wildman–Crippen LogP) is 1.60. The Bertz CT molecular complexity index is 726. The Kier molecular flexibility index (Phi) is 5.46. The lowest BCUT2D eigenvalue weighted by atomic mass is 10.1. The van der Waals surface area contributed by atoms with Gasteiger partial charge in [0.15, 0.2) is 0 Å². The molecule has 0 aliphatic rings. The van der Waals surface area contributed by atoms with Crippen LogP contribution in [0.2, 0.25) is 5.02 Å². The average Bonchev–Trinajstić information content (AvgIpc) is 2.58. The first-order valence-electron chi connectivity index (χ1n) is 6.83. The molecule has 2 aromatic rings. The molecule has 2 rings (SSSR count). The number of hydrogen-bond donors (Lipinski definition) is 2. The second-order valence-corrected chi connectivity index (χ2v) is 5.22. The molecular formula is C15H18ClN3O4. The molecular weight excluding hydrogens is 322 g/mol. The third-order valence-corrected chi connectivity index (χ3v) is 3.69. The lowest BCUT2D eigenvalue weighted by Gasteiger charge is -2.16. The molecule has 1 atom stereocenters. The van der Waals surface area contributed by atoms with Gasteiger partial charge in [-0.1, -0.05) is 11.6 Å². The van der Waals surface area contributed by atoms with Crippen molar-refractivity contribution in [2.75, 3.05) is 26.1 Å². The summed E-state index contributed by atoms with van der Waals surface area (Å²) in [5.74, 6) is 1.15. The van der Waals surface area contributed by atoms with Crippen molar-refractivity contribution in [3.8, 4) is 11.5 Å². The summed E-state index contributed by atoms with van der Waals surface area (Å²) in [5, 5.41) is 17.1. The summed E-state index contributed by atoms with van der Waals surface area (Å²) >= 11 is 5.97. The van der Waals surface area contributed by atoms with E-state index in [9.17, 15) is 9.90 Å². The SMILES string of the molecule is COc1cc(OC)cc(C(O)CNc2cnn(C)c(=O)c2Cl)c1. The van der Waals surface area contributed by atoms with Crippen molar-refractivity contribution in [2.45, 2.75) is 6.10 Å². The fraction of sp³-hybridized carbons (Fsp3) is 0.333. The van der Waals surface area contributed by atoms with Crippen LogP contribution in [0.15, 0.2) is 29.2 Å². The van der Waals surface area contributed by atoms with Gasteiger partial charge in [-0.15, -0.1) is 0 Å². The number of nitrogens with zero attached hydrogens (tertiary/aromatic N) is 2. The van der Waals surface area contributed by atoms with Crippen LogP contribution in [0.1, 0.15) is 11.7 Å². The highest BCUT2D eigenvalue weighted by Crippen LogP contribution is 2.27. The highest BCUT2D eigenvalue weighted by Gasteiger charge is 2.13. The normalized spacial score (nSPS) is 11.9. The Morgan fingerprint density at radius 1 is 1.30 bits per heavy atom. The molecule has 7 nitrogen and oxygen atoms in total. The van der Waals surface area contributed by atoms with E-state index in [0.29, 0.717) is 22.7 Å². The summed E-state index contributed by atoms with van der Waals surface area (Å²) in [5.41, 5.74) is 0.569. The molecule has 0 amide bonds. The van der Waals surface area contributed by atoms with Gasteiger partial charge in [0.05, 0.1) is 32.2 Å². The van der Waals surface area contributed by atoms with Gasteiger partial charge in [0.25, 0.3) is 5.56 Å². The highest BCUT2D eigenvalue weighted by molar-refractivity contribution is 6.32. The summed E-state index contributed by atoms with van der Waals surface area (Å²) in [6.45, 7) is 0.144. The minimum atomic E-state index is -0.848. The zero-order chi connectivity index (χ0) is 17.0. The standard InChI is InChI=1S/C15H18ClN3O4/c1-19-15(21)14(16)12(7-18-19)17-8-13(20)9-4-10(22-2)6-11(5-9)23-3/h4-7,13,17,20H,8H2,1-3H3. The maximum atomic E-state index is 11.7. The Labute approximate surface area is 138 Å². The molecule has 0 aliphatic carbocycles. The van der Waals surface area contributed by atoms with Crippen LogP contribution >= 0.6 is 11.6 Å². The smallest absolute Gasteiger partial charge is 0.287 e. The second kappa shape index (κ2) is 7.34. The van der Waals surface area contributed by atoms with Crippen LogP contribution in [-0.2, 0) is 7.05 Å². The van der Waals surface area contributed by atoms with Crippen LogP contribution in [0.25, 0.3) is 0 Å². The molecule has 23 heavy (non-hydrogen) atoms. The van der Waals surface area contributed by atoms with E-state index in [1.807, 2.05) is 0 Å². The number of aliphatic hydroxyl groups excluding tert-OH is 1. The zero-order valence-corrected chi connectivity index (χ0v) is 13.8. The number of nitrogens with one attached hydrogen (secondary N) is 1. The van der Waals surface area contributed by atoms with Crippen LogP contribution < -0.4 is 20.3 Å². The van der Waals surface area contributed by atoms with Crippen LogP contribution in [0.3, 0.4) is 0 Å². The molecule has 0 saturated heterocycles. The first-order valence-corrected chi connectivity index (χ1v) is 7.20. The summed E-state index contributed by atoms with van der Waals surface area (Å²) in [6.07, 6.45) is 0.585. The van der Waals surface area contributed by atoms with E-state index >= 15 is 0 Å². The fourth-order valence-electron chi connectivity index (χ4n) is 1.98. The van der Waals surface area contributed by atoms with Crippen LogP contribution in [0, 0.1) is 0 Å². The van der Waals surface area contributed by atoms with Gasteiger partial charge in [-0.3, -0.25) is 4.79 Å². The molecule has 8 heteroatoms. The van der Waals surface area contributed by atoms with Crippen molar-refractivity contribution in [3.05, 3.63) is 45.3 Å². The Morgan fingerprint density at radius 2 is 1.91 bits per heavy atom. The van der Waals surface area contributed by atoms with Gasteiger partial charge in [0, 0.05) is 19.7 Å². The van der Waals surface area contributed by atoms with Crippen molar-refractivity contribution in [2.24, 2.45) is 7.05 Å². The number of aromatic nitrogens is 2. The second-order valence-electron chi connectivity index (χ2n) is 4.84. The van der Waals surface area contributed by atoms with E-state index in [1.165, 1.54) is 27.5 Å². The molecule has 1 aromatic carbocycles. The number of aryl methyl sites for hydroxylation is 1. The molecule has 0 spiro atoms. The zero-order valence-electron chi connectivity index (χ0n) is 13.0. The number of hydrogen-bond acceptors (Lipinski definition) is 6. The summed E-state index contributed by atoms with van der Waals surface area (Å²) in [6, 6.07) is 5.13. The number of methoxy groups -OCH3 is 2. The van der Waals surface area contributed by atoms with E-state index in [1.54, 1.807) is 18.2 Å². The van der Waals surface area contributed by atoms with Gasteiger partial charge in [0.2, 0.25) is 0 Å². The van der Waals surface area contributed by atoms with E-state index in [0.717, 1.165) is 4.68 Å². The molecule has 0 bridgehead atoms. The number of ether oxygens (including phenoxy) is 2. The van der Waals surface area contributed by atoms with Crippen molar-refractivity contribution in [1.82, 2.24) is 9.78 Å². The van der Waals surface area contributed by atoms with Crippen LogP contribution in [-0.4, -0.2) is 35.7 Å². The third-order valence-electron chi connectivity index (χ3n) is 3.32. The summed E-state index contributed by atoms with van der Waals surface area (Å²) in [4.78, 5) is 11.7. The van der Waals surface area contributed by atoms with Gasteiger partial charge in [-0.2, -0.15) is 5.10 Å². The first kappa shape index (κ1) is 17.1. The van der Waals surface area contributed by atoms with Gasteiger partial charge in [-0.25, -0.2) is 4.68 Å². The molecule has 2 N–H and O–H groups in total. The minimum absolute atomic E-state index is 0.0259. The van der Waals surface area contributed by atoms with Gasteiger partial charge in [0.1, 0.15) is 16.5 Å². The third kappa shape index (κ3) is 3.94. The van der Waals surface area contributed by atoms with E-state index in [2.05, 4.69) is 10.4 Å². The van der Waals surface area contributed by atoms with Crippen molar-refractivity contribution < 1.29 is 14.6 Å². The average molecular weight is 340 g/mol. The van der Waals surface area contributed by atoms with Crippen molar-refractivity contribution in [3.63, 3.8) is 0 Å². The van der Waals surface area contributed by atoms with Gasteiger partial charge < -0.3 is 19.9 Å². The highest BCUT2D eigenvalue weighted by atomic mass is 35.5. The molecule has 0 aliphatic heterocycles. The van der Waals surface area contributed by atoms with E-state index in [4.69, 9.17) is 21.1 Å². The van der Waals surface area contributed by atoms with Gasteiger partial charge in [-0.05, 0) is 17.7 Å².